The van der Waals surface area contributed by atoms with E-state index in [1.165, 1.54) is 11.3 Å². The SMILES string of the molecule is CCOc1ccccc1C(NC)C1CSC(C)C(C)S1. The average molecular weight is 312 g/mol. The van der Waals surface area contributed by atoms with Crippen LogP contribution in [0.5, 0.6) is 5.75 Å². The number of para-hydroxylation sites is 1. The molecule has 1 N–H and O–H groups in total. The van der Waals surface area contributed by atoms with Crippen molar-refractivity contribution in [3.05, 3.63) is 29.8 Å². The first-order chi connectivity index (χ1) is 9.67. The minimum Gasteiger partial charge on any atom is -0.494 e. The predicted octanol–water partition coefficient (Wildman–Crippen LogP) is 3.97. The van der Waals surface area contributed by atoms with Crippen LogP contribution in [0.4, 0.5) is 0 Å². The summed E-state index contributed by atoms with van der Waals surface area (Å²) < 4.78 is 5.80. The second kappa shape index (κ2) is 7.62. The molecule has 0 spiro atoms. The van der Waals surface area contributed by atoms with E-state index in [1.807, 2.05) is 6.92 Å². The van der Waals surface area contributed by atoms with Crippen molar-refractivity contribution in [3.8, 4) is 5.75 Å². The van der Waals surface area contributed by atoms with E-state index < -0.39 is 0 Å². The Labute approximate surface area is 131 Å². The molecule has 20 heavy (non-hydrogen) atoms. The molecule has 2 rings (SSSR count). The second-order valence-electron chi connectivity index (χ2n) is 5.16. The van der Waals surface area contributed by atoms with Crippen molar-refractivity contribution < 1.29 is 4.74 Å². The molecule has 1 fully saturated rings. The summed E-state index contributed by atoms with van der Waals surface area (Å²) in [6, 6.07) is 8.78. The Balaban J connectivity index is 2.19. The van der Waals surface area contributed by atoms with E-state index in [0.717, 1.165) is 11.0 Å². The van der Waals surface area contributed by atoms with Gasteiger partial charge >= 0.3 is 0 Å². The Morgan fingerprint density at radius 1 is 1.30 bits per heavy atom. The normalized spacial score (nSPS) is 28.1. The number of hydrogen-bond acceptors (Lipinski definition) is 4. The van der Waals surface area contributed by atoms with Crippen LogP contribution in [0.15, 0.2) is 24.3 Å². The summed E-state index contributed by atoms with van der Waals surface area (Å²) in [5.74, 6) is 2.22. The standard InChI is InChI=1S/C16H25NOS2/c1-5-18-14-9-7-6-8-13(14)16(17-4)15-10-19-11(2)12(3)20-15/h6-9,11-12,15-17H,5,10H2,1-4H3. The van der Waals surface area contributed by atoms with Gasteiger partial charge in [-0.3, -0.25) is 0 Å². The van der Waals surface area contributed by atoms with Crippen molar-refractivity contribution in [2.75, 3.05) is 19.4 Å². The molecule has 112 valence electrons. The maximum Gasteiger partial charge on any atom is 0.124 e. The summed E-state index contributed by atoms with van der Waals surface area (Å²) in [4.78, 5) is 0. The van der Waals surface area contributed by atoms with E-state index in [9.17, 15) is 0 Å². The van der Waals surface area contributed by atoms with Gasteiger partial charge in [-0.1, -0.05) is 32.0 Å². The highest BCUT2D eigenvalue weighted by molar-refractivity contribution is 8.07. The van der Waals surface area contributed by atoms with Crippen molar-refractivity contribution in [2.24, 2.45) is 0 Å². The summed E-state index contributed by atoms with van der Waals surface area (Å²) in [5.41, 5.74) is 1.29. The van der Waals surface area contributed by atoms with Crippen LogP contribution in [0.25, 0.3) is 0 Å². The van der Waals surface area contributed by atoms with E-state index >= 15 is 0 Å². The lowest BCUT2D eigenvalue weighted by Crippen LogP contribution is -2.36. The van der Waals surface area contributed by atoms with Gasteiger partial charge in [-0.05, 0) is 20.0 Å². The predicted molar refractivity (Wildman–Crippen MR) is 92.2 cm³/mol. The molecule has 0 aromatic heterocycles. The summed E-state index contributed by atoms with van der Waals surface area (Å²) in [7, 11) is 2.06. The van der Waals surface area contributed by atoms with E-state index in [0.29, 0.717) is 23.1 Å². The van der Waals surface area contributed by atoms with Gasteiger partial charge in [0.15, 0.2) is 0 Å². The monoisotopic (exact) mass is 311 g/mol. The Kier molecular flexibility index (Phi) is 6.12. The molecule has 1 aromatic rings. The lowest BCUT2D eigenvalue weighted by molar-refractivity contribution is 0.332. The lowest BCUT2D eigenvalue weighted by atomic mass is 10.0. The largest absolute Gasteiger partial charge is 0.494 e. The zero-order chi connectivity index (χ0) is 14.5. The Hall–Kier alpha value is -0.320. The molecule has 1 saturated heterocycles. The van der Waals surface area contributed by atoms with Crippen LogP contribution in [0, 0.1) is 0 Å². The fourth-order valence-corrected chi connectivity index (χ4v) is 5.70. The van der Waals surface area contributed by atoms with Gasteiger partial charge in [-0.2, -0.15) is 23.5 Å². The molecule has 0 aliphatic carbocycles. The third kappa shape index (κ3) is 3.66. The molecule has 4 atom stereocenters. The molecule has 0 bridgehead atoms. The molecule has 1 aliphatic rings. The molecule has 1 heterocycles. The van der Waals surface area contributed by atoms with Gasteiger partial charge in [0.05, 0.1) is 6.61 Å². The highest BCUT2D eigenvalue weighted by Crippen LogP contribution is 2.42. The van der Waals surface area contributed by atoms with Gasteiger partial charge in [-0.25, -0.2) is 0 Å². The van der Waals surface area contributed by atoms with Crippen molar-refractivity contribution >= 4 is 23.5 Å². The second-order valence-corrected chi connectivity index (χ2v) is 8.19. The van der Waals surface area contributed by atoms with Crippen molar-refractivity contribution in [3.63, 3.8) is 0 Å². The topological polar surface area (TPSA) is 21.3 Å². The van der Waals surface area contributed by atoms with E-state index in [-0.39, 0.29) is 0 Å². The molecule has 0 amide bonds. The maximum atomic E-state index is 5.80. The van der Waals surface area contributed by atoms with Crippen LogP contribution in [-0.2, 0) is 0 Å². The van der Waals surface area contributed by atoms with E-state index in [2.05, 4.69) is 74.0 Å². The quantitative estimate of drug-likeness (QED) is 0.888. The van der Waals surface area contributed by atoms with Crippen molar-refractivity contribution in [2.45, 2.75) is 42.6 Å². The first kappa shape index (κ1) is 16.1. The molecule has 1 aromatic carbocycles. The molecular weight excluding hydrogens is 286 g/mol. The molecule has 1 aliphatic heterocycles. The van der Waals surface area contributed by atoms with Gasteiger partial charge in [0, 0.05) is 33.1 Å². The van der Waals surface area contributed by atoms with E-state index in [1.54, 1.807) is 0 Å². The highest BCUT2D eigenvalue weighted by Gasteiger charge is 2.32. The number of ether oxygens (including phenoxy) is 1. The van der Waals surface area contributed by atoms with Gasteiger partial charge in [-0.15, -0.1) is 0 Å². The minimum atomic E-state index is 0.352. The van der Waals surface area contributed by atoms with Gasteiger partial charge in [0.25, 0.3) is 0 Å². The van der Waals surface area contributed by atoms with Crippen molar-refractivity contribution in [1.29, 1.82) is 0 Å². The first-order valence-corrected chi connectivity index (χ1v) is 9.32. The smallest absolute Gasteiger partial charge is 0.124 e. The zero-order valence-electron chi connectivity index (χ0n) is 12.8. The minimum absolute atomic E-state index is 0.352. The Morgan fingerprint density at radius 3 is 2.70 bits per heavy atom. The van der Waals surface area contributed by atoms with Crippen LogP contribution < -0.4 is 10.1 Å². The maximum absolute atomic E-state index is 5.80. The summed E-state index contributed by atoms with van der Waals surface area (Å²) >= 11 is 4.20. The van der Waals surface area contributed by atoms with Crippen LogP contribution in [-0.4, -0.2) is 35.2 Å². The molecule has 4 heteroatoms. The van der Waals surface area contributed by atoms with Crippen LogP contribution in [0.1, 0.15) is 32.4 Å². The molecule has 0 saturated carbocycles. The van der Waals surface area contributed by atoms with E-state index in [4.69, 9.17) is 4.74 Å². The number of rotatable bonds is 5. The molecular formula is C16H25NOS2. The van der Waals surface area contributed by atoms with Crippen LogP contribution in [0.2, 0.25) is 0 Å². The molecule has 2 nitrogen and oxygen atoms in total. The Morgan fingerprint density at radius 2 is 2.05 bits per heavy atom. The number of nitrogens with one attached hydrogen (secondary N) is 1. The molecule has 0 radical (unpaired) electrons. The number of benzene rings is 1. The third-order valence-electron chi connectivity index (χ3n) is 3.81. The van der Waals surface area contributed by atoms with Crippen molar-refractivity contribution in [1.82, 2.24) is 5.32 Å². The summed E-state index contributed by atoms with van der Waals surface area (Å²) in [6.07, 6.45) is 0. The lowest BCUT2D eigenvalue weighted by Gasteiger charge is -2.36. The van der Waals surface area contributed by atoms with Gasteiger partial charge in [0.2, 0.25) is 0 Å². The summed E-state index contributed by atoms with van der Waals surface area (Å²) in [5, 5.41) is 5.55. The van der Waals surface area contributed by atoms with Gasteiger partial charge < -0.3 is 10.1 Å². The average Bonchev–Trinajstić information content (AvgIpc) is 2.45. The van der Waals surface area contributed by atoms with Gasteiger partial charge in [0.1, 0.15) is 5.75 Å². The third-order valence-corrected chi connectivity index (χ3v) is 7.31. The highest BCUT2D eigenvalue weighted by atomic mass is 32.2. The fraction of sp³-hybridized carbons (Fsp3) is 0.625. The zero-order valence-corrected chi connectivity index (χ0v) is 14.4. The number of hydrogen-bond donors (Lipinski definition) is 1. The number of thioether (sulfide) groups is 2. The van der Waals surface area contributed by atoms with Crippen LogP contribution >= 0.6 is 23.5 Å². The first-order valence-electron chi connectivity index (χ1n) is 7.33. The fourth-order valence-electron chi connectivity index (χ4n) is 2.55. The van der Waals surface area contributed by atoms with Crippen LogP contribution in [0.3, 0.4) is 0 Å². The molecule has 4 unspecified atom stereocenters. The summed E-state index contributed by atoms with van der Waals surface area (Å²) in [6.45, 7) is 7.43. The Bertz CT molecular complexity index is 427.